The van der Waals surface area contributed by atoms with Crippen LogP contribution in [0.25, 0.3) is 0 Å². The van der Waals surface area contributed by atoms with Gasteiger partial charge in [-0.15, -0.1) is 11.5 Å². The summed E-state index contributed by atoms with van der Waals surface area (Å²) in [6.07, 6.45) is -1.31. The van der Waals surface area contributed by atoms with E-state index in [0.717, 1.165) is 0 Å². The van der Waals surface area contributed by atoms with Crippen molar-refractivity contribution >= 4 is 23.3 Å². The van der Waals surface area contributed by atoms with Gasteiger partial charge < -0.3 is 10.8 Å². The lowest BCUT2D eigenvalue weighted by Gasteiger charge is -2.04. The van der Waals surface area contributed by atoms with Crippen LogP contribution >= 0.6 is 11.5 Å². The smallest absolute Gasteiger partial charge is 0.434 e. The van der Waals surface area contributed by atoms with Crippen molar-refractivity contribution in [2.45, 2.75) is 6.54 Å². The Bertz CT molecular complexity index is 282. The van der Waals surface area contributed by atoms with E-state index in [2.05, 4.69) is 0 Å². The van der Waals surface area contributed by atoms with Crippen molar-refractivity contribution in [2.24, 2.45) is 5.73 Å². The van der Waals surface area contributed by atoms with Gasteiger partial charge in [-0.1, -0.05) is 18.2 Å². The molecule has 0 amide bonds. The Balaban J connectivity index is 3.14. The molecule has 0 aromatic heterocycles. The highest BCUT2D eigenvalue weighted by Gasteiger charge is 2.16. The van der Waals surface area contributed by atoms with Crippen molar-refractivity contribution in [2.75, 3.05) is 0 Å². The molecule has 5 heteroatoms. The van der Waals surface area contributed by atoms with Gasteiger partial charge in [0.05, 0.1) is 0 Å². The Morgan fingerprint density at radius 1 is 1.58 bits per heavy atom. The van der Waals surface area contributed by atoms with E-state index in [4.69, 9.17) is 22.2 Å². The van der Waals surface area contributed by atoms with Gasteiger partial charge in [-0.2, -0.15) is 0 Å². The largest absolute Gasteiger partial charge is 0.434 e. The van der Waals surface area contributed by atoms with Crippen molar-refractivity contribution in [1.29, 1.82) is 0 Å². The van der Waals surface area contributed by atoms with Gasteiger partial charge in [0.15, 0.2) is 0 Å². The molecule has 0 aliphatic carbocycles. The van der Waals surface area contributed by atoms with E-state index in [1.807, 2.05) is 0 Å². The lowest BCUT2D eigenvalue weighted by Crippen LogP contribution is -2.28. The monoisotopic (exact) mass is 187 g/mol. The fourth-order valence-corrected chi connectivity index (χ4v) is 1.11. The van der Waals surface area contributed by atoms with Crippen LogP contribution in [0, 0.1) is 5.82 Å². The summed E-state index contributed by atoms with van der Waals surface area (Å²) in [4.78, 5) is 0. The third-order valence-corrected chi connectivity index (χ3v) is 1.82. The van der Waals surface area contributed by atoms with Gasteiger partial charge in [0, 0.05) is 17.6 Å². The standard InChI is InChI=1S/C7H8BClFNO/c9-8(12)6-3-1-2-5(4-11)7(6)10/h1-3,12H,4,11H2. The Hall–Kier alpha value is -0.575. The molecule has 1 rings (SSSR count). The minimum Gasteiger partial charge on any atom is -0.434 e. The summed E-state index contributed by atoms with van der Waals surface area (Å²) < 4.78 is 13.2. The summed E-state index contributed by atoms with van der Waals surface area (Å²) in [5.74, 6) is -0.525. The maximum atomic E-state index is 13.2. The van der Waals surface area contributed by atoms with Gasteiger partial charge in [-0.25, -0.2) is 4.39 Å². The first kappa shape index (κ1) is 9.51. The first-order chi connectivity index (χ1) is 5.66. The zero-order valence-corrected chi connectivity index (χ0v) is 7.05. The molecule has 1 aromatic rings. The van der Waals surface area contributed by atoms with Crippen LogP contribution < -0.4 is 11.2 Å². The average Bonchev–Trinajstić information content (AvgIpc) is 2.04. The first-order valence-electron chi connectivity index (χ1n) is 3.46. The van der Waals surface area contributed by atoms with Gasteiger partial charge >= 0.3 is 6.33 Å². The molecule has 0 heterocycles. The van der Waals surface area contributed by atoms with Gasteiger partial charge in [-0.3, -0.25) is 0 Å². The van der Waals surface area contributed by atoms with Crippen molar-refractivity contribution in [3.05, 3.63) is 29.6 Å². The highest BCUT2D eigenvalue weighted by atomic mass is 35.5. The summed E-state index contributed by atoms with van der Waals surface area (Å²) in [5.41, 5.74) is 5.68. The molecule has 0 fully saturated rings. The summed E-state index contributed by atoms with van der Waals surface area (Å²) in [5, 5.41) is 8.91. The van der Waals surface area contributed by atoms with E-state index in [-0.39, 0.29) is 12.0 Å². The molecule has 0 aliphatic rings. The van der Waals surface area contributed by atoms with Gasteiger partial charge in [0.25, 0.3) is 0 Å². The van der Waals surface area contributed by atoms with E-state index in [9.17, 15) is 4.39 Å². The van der Waals surface area contributed by atoms with Gasteiger partial charge in [0.2, 0.25) is 0 Å². The fraction of sp³-hybridized carbons (Fsp3) is 0.143. The minimum absolute atomic E-state index is 0.0691. The first-order valence-corrected chi connectivity index (χ1v) is 3.90. The van der Waals surface area contributed by atoms with Gasteiger partial charge in [0.1, 0.15) is 5.82 Å². The molecule has 2 nitrogen and oxygen atoms in total. The summed E-state index contributed by atoms with van der Waals surface area (Å²) >= 11 is 5.31. The molecule has 1 aromatic carbocycles. The molecule has 0 saturated heterocycles. The predicted octanol–water partition coefficient (Wildman–Crippen LogP) is 0.211. The Labute approximate surface area is 75.2 Å². The second kappa shape index (κ2) is 3.89. The Morgan fingerprint density at radius 3 is 2.75 bits per heavy atom. The van der Waals surface area contributed by atoms with Crippen molar-refractivity contribution in [3.8, 4) is 0 Å². The summed E-state index contributed by atoms with van der Waals surface area (Å²) in [6.45, 7) is 0.100. The summed E-state index contributed by atoms with van der Waals surface area (Å²) in [6, 6.07) is 4.58. The molecule has 0 saturated carbocycles. The van der Waals surface area contributed by atoms with Crippen LogP contribution in [-0.2, 0) is 6.54 Å². The Morgan fingerprint density at radius 2 is 2.25 bits per heavy atom. The van der Waals surface area contributed by atoms with Crippen molar-refractivity contribution in [3.63, 3.8) is 0 Å². The number of hydrogen-bond donors (Lipinski definition) is 2. The van der Waals surface area contributed by atoms with Crippen molar-refractivity contribution < 1.29 is 9.41 Å². The average molecular weight is 187 g/mol. The Kier molecular flexibility index (Phi) is 3.09. The second-order valence-corrected chi connectivity index (χ2v) is 2.77. The molecule has 0 bridgehead atoms. The summed E-state index contributed by atoms with van der Waals surface area (Å²) in [7, 11) is 0. The van der Waals surface area contributed by atoms with E-state index in [1.165, 1.54) is 6.07 Å². The fourth-order valence-electron chi connectivity index (χ4n) is 0.941. The topological polar surface area (TPSA) is 46.2 Å². The van der Waals surface area contributed by atoms with E-state index in [1.54, 1.807) is 12.1 Å². The molecule has 0 aliphatic heterocycles. The molecule has 0 radical (unpaired) electrons. The van der Waals surface area contributed by atoms with Crippen LogP contribution in [0.3, 0.4) is 0 Å². The minimum atomic E-state index is -1.31. The third-order valence-electron chi connectivity index (χ3n) is 1.59. The zero-order valence-electron chi connectivity index (χ0n) is 6.30. The number of hydrogen-bond acceptors (Lipinski definition) is 2. The lowest BCUT2D eigenvalue weighted by molar-refractivity contribution is 0.590. The zero-order chi connectivity index (χ0) is 9.14. The number of benzene rings is 1. The van der Waals surface area contributed by atoms with Crippen molar-refractivity contribution in [1.82, 2.24) is 0 Å². The second-order valence-electron chi connectivity index (χ2n) is 2.36. The van der Waals surface area contributed by atoms with Crippen LogP contribution in [0.1, 0.15) is 5.56 Å². The highest BCUT2D eigenvalue weighted by Crippen LogP contribution is 2.04. The van der Waals surface area contributed by atoms with E-state index < -0.39 is 12.1 Å². The normalized spacial score (nSPS) is 10.0. The van der Waals surface area contributed by atoms with Crippen LogP contribution in [0.5, 0.6) is 0 Å². The predicted molar refractivity (Wildman–Crippen MR) is 47.8 cm³/mol. The lowest BCUT2D eigenvalue weighted by atomic mass is 9.85. The highest BCUT2D eigenvalue weighted by molar-refractivity contribution is 7.09. The molecule has 3 N–H and O–H groups in total. The molecule has 64 valence electrons. The van der Waals surface area contributed by atoms with E-state index >= 15 is 0 Å². The third kappa shape index (κ3) is 1.77. The van der Waals surface area contributed by atoms with Gasteiger partial charge in [-0.05, 0) is 0 Å². The molecular formula is C7H8BClFNO. The van der Waals surface area contributed by atoms with Crippen LogP contribution in [-0.4, -0.2) is 11.4 Å². The number of nitrogens with two attached hydrogens (primary N) is 1. The molecule has 0 unspecified atom stereocenters. The molecule has 0 spiro atoms. The SMILES string of the molecule is NCc1cccc(B(O)Cl)c1F. The maximum absolute atomic E-state index is 13.2. The number of halogens is 2. The van der Waals surface area contributed by atoms with Crippen LogP contribution in [0.4, 0.5) is 4.39 Å². The van der Waals surface area contributed by atoms with E-state index in [0.29, 0.717) is 5.56 Å². The number of rotatable bonds is 2. The molecule has 0 atom stereocenters. The maximum Gasteiger partial charge on any atom is 0.434 e. The molecule has 12 heavy (non-hydrogen) atoms. The van der Waals surface area contributed by atoms with Crippen LogP contribution in [0.2, 0.25) is 0 Å². The van der Waals surface area contributed by atoms with Crippen LogP contribution in [0.15, 0.2) is 18.2 Å². The quantitative estimate of drug-likeness (QED) is 0.650. The molecular weight excluding hydrogens is 179 g/mol.